The molecular weight excluding hydrogens is 369 g/mol. The van der Waals surface area contributed by atoms with Crippen molar-refractivity contribution in [1.29, 1.82) is 0 Å². The molecule has 0 amide bonds. The van der Waals surface area contributed by atoms with E-state index < -0.39 is 4.65 Å². The van der Waals surface area contributed by atoms with Crippen LogP contribution < -0.4 is 4.65 Å². The number of aromatic nitrogens is 1. The zero-order valence-electron chi connectivity index (χ0n) is 17.2. The number of quaternary nitrogens is 2. The standard InChI is InChI=1S/C23H30FN3O2/c1-2-26(28)13-15-27(29,16-14-26)23-17-21(18-9-11-19(24)12-10-18)20-7-5-3-4-6-8-22(20)25-23/h9-12,17H,2-8,13-16H2,1H3. The van der Waals surface area contributed by atoms with Crippen LogP contribution in [0, 0.1) is 16.2 Å². The summed E-state index contributed by atoms with van der Waals surface area (Å²) in [7, 11) is 0. The van der Waals surface area contributed by atoms with Gasteiger partial charge in [-0.15, -0.1) is 0 Å². The van der Waals surface area contributed by atoms with Crippen molar-refractivity contribution in [3.05, 3.63) is 57.8 Å². The smallest absolute Gasteiger partial charge is 0.228 e. The van der Waals surface area contributed by atoms with Crippen molar-refractivity contribution in [3.63, 3.8) is 0 Å². The van der Waals surface area contributed by atoms with E-state index in [0.29, 0.717) is 25.5 Å². The zero-order valence-corrected chi connectivity index (χ0v) is 17.2. The molecule has 0 unspecified atom stereocenters. The Balaban J connectivity index is 1.78. The van der Waals surface area contributed by atoms with Gasteiger partial charge < -0.3 is 19.7 Å². The van der Waals surface area contributed by atoms with Crippen LogP contribution in [0.1, 0.15) is 43.9 Å². The molecule has 29 heavy (non-hydrogen) atoms. The van der Waals surface area contributed by atoms with Crippen LogP contribution in [0.3, 0.4) is 0 Å². The van der Waals surface area contributed by atoms with Gasteiger partial charge in [-0.1, -0.05) is 25.0 Å². The number of hydrogen-bond donors (Lipinski definition) is 0. The van der Waals surface area contributed by atoms with Gasteiger partial charge >= 0.3 is 0 Å². The fourth-order valence-electron chi connectivity index (χ4n) is 4.60. The summed E-state index contributed by atoms with van der Waals surface area (Å²) in [6.45, 7) is 3.54. The van der Waals surface area contributed by atoms with Gasteiger partial charge in [-0.2, -0.15) is 0 Å². The van der Waals surface area contributed by atoms with Gasteiger partial charge in [-0.05, 0) is 61.4 Å². The first kappa shape index (κ1) is 20.4. The largest absolute Gasteiger partial charge is 0.632 e. The van der Waals surface area contributed by atoms with Crippen molar-refractivity contribution in [1.82, 2.24) is 9.63 Å². The van der Waals surface area contributed by atoms with E-state index >= 15 is 0 Å². The number of hydrogen-bond acceptors (Lipinski definition) is 3. The monoisotopic (exact) mass is 399 g/mol. The number of likely N-dealkylation sites (N-methyl/N-ethyl adjacent to an activating group) is 1. The second-order valence-corrected chi connectivity index (χ2v) is 8.53. The molecule has 0 radical (unpaired) electrons. The van der Waals surface area contributed by atoms with Gasteiger partial charge in [0, 0.05) is 6.07 Å². The maximum absolute atomic E-state index is 13.7. The Morgan fingerprint density at radius 2 is 1.59 bits per heavy atom. The number of fused-ring (bicyclic) bond motifs is 1. The third kappa shape index (κ3) is 4.21. The molecule has 1 aromatic heterocycles. The van der Waals surface area contributed by atoms with Crippen molar-refractivity contribution in [3.8, 4) is 11.1 Å². The van der Waals surface area contributed by atoms with Gasteiger partial charge in [0.05, 0.1) is 12.2 Å². The minimum absolute atomic E-state index is 0.256. The molecule has 156 valence electrons. The minimum Gasteiger partial charge on any atom is -0.632 e. The van der Waals surface area contributed by atoms with Crippen LogP contribution >= 0.6 is 0 Å². The lowest BCUT2D eigenvalue weighted by atomic mass is 9.90. The molecule has 6 heteroatoms. The number of nitrogens with zero attached hydrogens (tertiary/aromatic N) is 3. The molecule has 5 nitrogen and oxygen atoms in total. The summed E-state index contributed by atoms with van der Waals surface area (Å²) < 4.78 is 12.7. The van der Waals surface area contributed by atoms with Crippen LogP contribution in [0.4, 0.5) is 10.2 Å². The summed E-state index contributed by atoms with van der Waals surface area (Å²) in [6, 6.07) is 8.43. The maximum Gasteiger partial charge on any atom is 0.228 e. The van der Waals surface area contributed by atoms with Gasteiger partial charge in [0.15, 0.2) is 0 Å². The second kappa shape index (κ2) is 8.11. The summed E-state index contributed by atoms with van der Waals surface area (Å²) in [6.07, 6.45) is 6.36. The average molecular weight is 400 g/mol. The van der Waals surface area contributed by atoms with E-state index in [-0.39, 0.29) is 23.6 Å². The average Bonchev–Trinajstić information content (AvgIpc) is 2.71. The van der Waals surface area contributed by atoms with Crippen LogP contribution in [0.25, 0.3) is 11.1 Å². The SMILES string of the molecule is CC[N+]1([O-])CC[N+]([O-])(c2cc(-c3ccc(F)cc3)c3c(n2)CCCCCC3)CC1. The van der Waals surface area contributed by atoms with E-state index in [2.05, 4.69) is 0 Å². The van der Waals surface area contributed by atoms with Crippen molar-refractivity contribution in [2.75, 3.05) is 32.7 Å². The molecule has 1 aromatic carbocycles. The van der Waals surface area contributed by atoms with Crippen LogP contribution in [-0.2, 0) is 12.8 Å². The fraction of sp³-hybridized carbons (Fsp3) is 0.522. The van der Waals surface area contributed by atoms with Gasteiger partial charge in [-0.3, -0.25) is 0 Å². The number of rotatable bonds is 3. The molecule has 0 bridgehead atoms. The lowest BCUT2D eigenvalue weighted by Gasteiger charge is -2.53. The number of halogens is 1. The van der Waals surface area contributed by atoms with E-state index in [1.165, 1.54) is 30.5 Å². The van der Waals surface area contributed by atoms with Gasteiger partial charge in [-0.25, -0.2) is 9.37 Å². The van der Waals surface area contributed by atoms with E-state index in [0.717, 1.165) is 42.5 Å². The highest BCUT2D eigenvalue weighted by molar-refractivity contribution is 5.71. The van der Waals surface area contributed by atoms with Crippen LogP contribution in [0.15, 0.2) is 30.3 Å². The number of aryl methyl sites for hydroxylation is 1. The number of piperazine rings is 1. The third-order valence-electron chi connectivity index (χ3n) is 6.67. The lowest BCUT2D eigenvalue weighted by molar-refractivity contribution is -0.882. The Kier molecular flexibility index (Phi) is 5.71. The van der Waals surface area contributed by atoms with E-state index in [1.807, 2.05) is 13.0 Å². The number of benzene rings is 1. The third-order valence-corrected chi connectivity index (χ3v) is 6.67. The highest BCUT2D eigenvalue weighted by Gasteiger charge is 2.35. The number of pyridine rings is 1. The first-order chi connectivity index (χ1) is 13.9. The van der Waals surface area contributed by atoms with Crippen molar-refractivity contribution < 1.29 is 9.04 Å². The molecule has 0 atom stereocenters. The van der Waals surface area contributed by atoms with E-state index in [4.69, 9.17) is 4.98 Å². The predicted octanol–water partition coefficient (Wildman–Crippen LogP) is 4.70. The van der Waals surface area contributed by atoms with Crippen LogP contribution in [0.5, 0.6) is 0 Å². The molecule has 1 aliphatic carbocycles. The molecule has 2 aromatic rings. The first-order valence-corrected chi connectivity index (χ1v) is 10.9. The summed E-state index contributed by atoms with van der Waals surface area (Å²) >= 11 is 0. The molecule has 1 fully saturated rings. The summed E-state index contributed by atoms with van der Waals surface area (Å²) in [4.78, 5) is 4.86. The fourth-order valence-corrected chi connectivity index (χ4v) is 4.60. The Bertz CT molecular complexity index is 861. The van der Waals surface area contributed by atoms with Gasteiger partial charge in [0.25, 0.3) is 0 Å². The predicted molar refractivity (Wildman–Crippen MR) is 114 cm³/mol. The van der Waals surface area contributed by atoms with Gasteiger partial charge in [0.2, 0.25) is 5.82 Å². The molecule has 2 aliphatic rings. The van der Waals surface area contributed by atoms with E-state index in [9.17, 15) is 14.8 Å². The Morgan fingerprint density at radius 3 is 2.24 bits per heavy atom. The van der Waals surface area contributed by atoms with Crippen molar-refractivity contribution >= 4 is 5.82 Å². The minimum atomic E-state index is -0.538. The second-order valence-electron chi connectivity index (χ2n) is 8.53. The van der Waals surface area contributed by atoms with Gasteiger partial charge in [0.1, 0.15) is 32.0 Å². The Hall–Kier alpha value is -1.86. The maximum atomic E-state index is 13.7. The Labute approximate surface area is 172 Å². The molecule has 4 rings (SSSR count). The lowest BCUT2D eigenvalue weighted by Crippen LogP contribution is -2.63. The molecule has 0 N–H and O–H groups in total. The zero-order chi connectivity index (χ0) is 20.5. The highest BCUT2D eigenvalue weighted by atomic mass is 19.1. The highest BCUT2D eigenvalue weighted by Crippen LogP contribution is 2.35. The van der Waals surface area contributed by atoms with E-state index in [1.54, 1.807) is 12.1 Å². The summed E-state index contributed by atoms with van der Waals surface area (Å²) in [5.74, 6) is 0.240. The molecule has 0 spiro atoms. The quantitative estimate of drug-likeness (QED) is 0.555. The number of hydroxylamine groups is 5. The molecule has 1 saturated heterocycles. The normalized spacial score (nSPS) is 27.7. The van der Waals surface area contributed by atoms with Crippen LogP contribution in [0.2, 0.25) is 0 Å². The summed E-state index contributed by atoms with van der Waals surface area (Å²) in [5, 5.41) is 26.3. The molecule has 1 aliphatic heterocycles. The molecular formula is C23H30FN3O2. The topological polar surface area (TPSA) is 59.0 Å². The van der Waals surface area contributed by atoms with Crippen molar-refractivity contribution in [2.45, 2.75) is 45.4 Å². The van der Waals surface area contributed by atoms with Crippen LogP contribution in [-0.4, -0.2) is 42.4 Å². The summed E-state index contributed by atoms with van der Waals surface area (Å²) in [5.41, 5.74) is 4.15. The Morgan fingerprint density at radius 1 is 0.931 bits per heavy atom. The van der Waals surface area contributed by atoms with Crippen molar-refractivity contribution in [2.24, 2.45) is 0 Å². The molecule has 0 saturated carbocycles. The molecule has 2 heterocycles. The first-order valence-electron chi connectivity index (χ1n) is 10.9.